The number of alkyl halides is 3. The van der Waals surface area contributed by atoms with Crippen molar-refractivity contribution in [1.82, 2.24) is 14.6 Å². The van der Waals surface area contributed by atoms with Crippen molar-refractivity contribution in [3.05, 3.63) is 47.1 Å². The number of hydrogen-bond donors (Lipinski definition) is 4. The first-order valence-corrected chi connectivity index (χ1v) is 12.2. The number of rotatable bonds is 4. The molecule has 0 radical (unpaired) electrons. The summed E-state index contributed by atoms with van der Waals surface area (Å²) in [6, 6.07) is 13.0. The van der Waals surface area contributed by atoms with Gasteiger partial charge in [-0.2, -0.15) is 23.5 Å². The monoisotopic (exact) mass is 531 g/mol. The molecule has 37 heavy (non-hydrogen) atoms. The Labute approximate surface area is 213 Å². The average molecular weight is 532 g/mol. The highest BCUT2D eigenvalue weighted by Gasteiger charge is 2.38. The number of halogens is 3. The first kappa shape index (κ1) is 26.2. The SMILES string of the molecule is Cc1nc2ccc(Nc3cc(NC4CCC(N)CC4)c(C#N)c4ccnn34)cc2s1.O=C(O)C(F)(F)F. The quantitative estimate of drug-likeness (QED) is 0.282. The predicted molar refractivity (Wildman–Crippen MR) is 135 cm³/mol. The highest BCUT2D eigenvalue weighted by atomic mass is 32.1. The first-order chi connectivity index (χ1) is 17.5. The maximum atomic E-state index is 10.6. The zero-order valence-electron chi connectivity index (χ0n) is 19.7. The largest absolute Gasteiger partial charge is 0.490 e. The standard InChI is InChI=1S/C22H23N7S.C2HF3O2/c1-13-26-18-7-6-16(10-21(18)30-13)28-22-11-19(27-15-4-2-14(24)3-5-15)17(12-23)20-8-9-25-29(20)22;3-2(4,5)1(6)7/h6-11,14-15,27-28H,2-5,24H2,1H3;(H,6,7). The third-order valence-corrected chi connectivity index (χ3v) is 6.86. The van der Waals surface area contributed by atoms with Gasteiger partial charge < -0.3 is 21.5 Å². The number of nitrogens with zero attached hydrogens (tertiary/aromatic N) is 4. The van der Waals surface area contributed by atoms with E-state index in [-0.39, 0.29) is 0 Å². The molecule has 1 aliphatic carbocycles. The summed E-state index contributed by atoms with van der Waals surface area (Å²) in [5.74, 6) is -1.95. The molecule has 0 aliphatic heterocycles. The van der Waals surface area contributed by atoms with Crippen molar-refractivity contribution in [3.8, 4) is 6.07 Å². The van der Waals surface area contributed by atoms with Crippen LogP contribution in [-0.2, 0) is 4.79 Å². The third-order valence-electron chi connectivity index (χ3n) is 5.93. The number of aromatic nitrogens is 3. The normalized spacial score (nSPS) is 17.6. The van der Waals surface area contributed by atoms with Crippen molar-refractivity contribution in [2.45, 2.75) is 50.9 Å². The van der Waals surface area contributed by atoms with E-state index >= 15 is 0 Å². The number of anilines is 3. The molecule has 9 nitrogen and oxygen atoms in total. The number of thiazole rings is 1. The van der Waals surface area contributed by atoms with E-state index < -0.39 is 12.1 Å². The molecule has 0 saturated heterocycles. The molecule has 5 rings (SSSR count). The summed E-state index contributed by atoms with van der Waals surface area (Å²) in [5.41, 5.74) is 10.3. The van der Waals surface area contributed by atoms with E-state index in [1.54, 1.807) is 22.0 Å². The first-order valence-electron chi connectivity index (χ1n) is 11.4. The molecule has 4 aromatic rings. The van der Waals surface area contributed by atoms with E-state index in [9.17, 15) is 18.4 Å². The molecule has 13 heteroatoms. The van der Waals surface area contributed by atoms with Gasteiger partial charge >= 0.3 is 12.1 Å². The Morgan fingerprint density at radius 3 is 2.59 bits per heavy atom. The molecule has 1 aromatic carbocycles. The van der Waals surface area contributed by atoms with Crippen molar-refractivity contribution >= 4 is 50.2 Å². The molecule has 5 N–H and O–H groups in total. The number of carboxylic acid groups (broad SMARTS) is 1. The topological polar surface area (TPSA) is 141 Å². The van der Waals surface area contributed by atoms with Crippen LogP contribution >= 0.6 is 11.3 Å². The number of aliphatic carboxylic acids is 1. The molecule has 0 amide bonds. The van der Waals surface area contributed by atoms with Gasteiger partial charge in [0.25, 0.3) is 0 Å². The molecular weight excluding hydrogens is 507 g/mol. The second-order valence-corrected chi connectivity index (χ2v) is 9.89. The number of nitriles is 1. The predicted octanol–water partition coefficient (Wildman–Crippen LogP) is 5.18. The number of nitrogens with two attached hydrogens (primary N) is 1. The lowest BCUT2D eigenvalue weighted by Gasteiger charge is -2.28. The van der Waals surface area contributed by atoms with Gasteiger partial charge in [-0.15, -0.1) is 11.3 Å². The number of hydrogen-bond acceptors (Lipinski definition) is 8. The van der Waals surface area contributed by atoms with E-state index in [1.165, 1.54) is 0 Å². The number of aryl methyl sites for hydroxylation is 1. The fourth-order valence-electron chi connectivity index (χ4n) is 4.16. The van der Waals surface area contributed by atoms with Crippen molar-refractivity contribution in [3.63, 3.8) is 0 Å². The Hall–Kier alpha value is -3.89. The van der Waals surface area contributed by atoms with Crippen LogP contribution in [0.4, 0.5) is 30.4 Å². The molecule has 194 valence electrons. The summed E-state index contributed by atoms with van der Waals surface area (Å²) in [6.07, 6.45) is 0.684. The summed E-state index contributed by atoms with van der Waals surface area (Å²) in [6.45, 7) is 2.02. The van der Waals surface area contributed by atoms with Crippen molar-refractivity contribution in [2.24, 2.45) is 5.73 Å². The van der Waals surface area contributed by atoms with Crippen LogP contribution in [0.25, 0.3) is 15.7 Å². The molecular formula is C24H24F3N7O2S. The maximum Gasteiger partial charge on any atom is 0.490 e. The second-order valence-electron chi connectivity index (χ2n) is 8.66. The van der Waals surface area contributed by atoms with Gasteiger partial charge in [-0.05, 0) is 56.9 Å². The van der Waals surface area contributed by atoms with Gasteiger partial charge in [0.1, 0.15) is 17.5 Å². The number of benzene rings is 1. The van der Waals surface area contributed by atoms with Gasteiger partial charge in [0.05, 0.1) is 32.6 Å². The highest BCUT2D eigenvalue weighted by Crippen LogP contribution is 2.32. The van der Waals surface area contributed by atoms with Crippen molar-refractivity contribution in [1.29, 1.82) is 5.26 Å². The Bertz CT molecular complexity index is 1470. The molecule has 1 saturated carbocycles. The zero-order chi connectivity index (χ0) is 26.7. The molecule has 1 fully saturated rings. The molecule has 0 bridgehead atoms. The van der Waals surface area contributed by atoms with E-state index in [0.29, 0.717) is 17.6 Å². The fourth-order valence-corrected chi connectivity index (χ4v) is 5.03. The molecule has 0 spiro atoms. The van der Waals surface area contributed by atoms with Crippen LogP contribution in [0.1, 0.15) is 36.3 Å². The number of carboxylic acids is 1. The van der Waals surface area contributed by atoms with Crippen LogP contribution in [-0.4, -0.2) is 43.9 Å². The summed E-state index contributed by atoms with van der Waals surface area (Å²) >= 11 is 1.68. The number of carbonyl (C=O) groups is 1. The maximum absolute atomic E-state index is 10.6. The Balaban J connectivity index is 0.000000405. The highest BCUT2D eigenvalue weighted by molar-refractivity contribution is 7.18. The summed E-state index contributed by atoms with van der Waals surface area (Å²) < 4.78 is 34.7. The van der Waals surface area contributed by atoms with Gasteiger partial charge in [-0.25, -0.2) is 14.3 Å². The van der Waals surface area contributed by atoms with Gasteiger partial charge in [0.2, 0.25) is 0 Å². The smallest absolute Gasteiger partial charge is 0.475 e. The molecule has 0 unspecified atom stereocenters. The van der Waals surface area contributed by atoms with E-state index in [4.69, 9.17) is 15.6 Å². The van der Waals surface area contributed by atoms with Crippen LogP contribution in [0.2, 0.25) is 0 Å². The van der Waals surface area contributed by atoms with E-state index in [1.807, 2.05) is 31.2 Å². The Morgan fingerprint density at radius 2 is 1.95 bits per heavy atom. The van der Waals surface area contributed by atoms with E-state index in [2.05, 4.69) is 32.9 Å². The van der Waals surface area contributed by atoms with Gasteiger partial charge in [0.15, 0.2) is 0 Å². The summed E-state index contributed by atoms with van der Waals surface area (Å²) in [7, 11) is 0. The minimum Gasteiger partial charge on any atom is -0.475 e. The van der Waals surface area contributed by atoms with Crippen LogP contribution in [0.3, 0.4) is 0 Å². The van der Waals surface area contributed by atoms with Crippen LogP contribution < -0.4 is 16.4 Å². The second kappa shape index (κ2) is 10.6. The van der Waals surface area contributed by atoms with E-state index in [0.717, 1.165) is 63.6 Å². The third kappa shape index (κ3) is 6.10. The fraction of sp³-hybridized carbons (Fsp3) is 0.333. The average Bonchev–Trinajstić information content (AvgIpc) is 3.46. The number of fused-ring (bicyclic) bond motifs is 2. The van der Waals surface area contributed by atoms with Crippen molar-refractivity contribution < 1.29 is 23.1 Å². The zero-order valence-corrected chi connectivity index (χ0v) is 20.5. The number of pyridine rings is 1. The van der Waals surface area contributed by atoms with Gasteiger partial charge in [-0.1, -0.05) is 0 Å². The summed E-state index contributed by atoms with van der Waals surface area (Å²) in [5, 5.41) is 29.5. The van der Waals surface area contributed by atoms with Gasteiger partial charge in [0, 0.05) is 23.8 Å². The lowest BCUT2D eigenvalue weighted by molar-refractivity contribution is -0.192. The lowest BCUT2D eigenvalue weighted by atomic mass is 9.91. The van der Waals surface area contributed by atoms with Crippen LogP contribution in [0, 0.1) is 18.3 Å². The minimum absolute atomic E-state index is 0.290. The van der Waals surface area contributed by atoms with Crippen molar-refractivity contribution in [2.75, 3.05) is 10.6 Å². The molecule has 3 aromatic heterocycles. The molecule has 3 heterocycles. The minimum atomic E-state index is -5.08. The molecule has 0 atom stereocenters. The summed E-state index contributed by atoms with van der Waals surface area (Å²) in [4.78, 5) is 13.4. The van der Waals surface area contributed by atoms with Crippen LogP contribution in [0.5, 0.6) is 0 Å². The molecule has 1 aliphatic rings. The Kier molecular flexibility index (Phi) is 7.51. The van der Waals surface area contributed by atoms with Crippen LogP contribution in [0.15, 0.2) is 36.5 Å². The number of nitrogens with one attached hydrogen (secondary N) is 2. The Morgan fingerprint density at radius 1 is 1.24 bits per heavy atom. The van der Waals surface area contributed by atoms with Gasteiger partial charge in [-0.3, -0.25) is 0 Å². The lowest BCUT2D eigenvalue weighted by Crippen LogP contribution is -2.33.